The van der Waals surface area contributed by atoms with Gasteiger partial charge in [0.05, 0.1) is 12.0 Å². The van der Waals surface area contributed by atoms with Crippen molar-refractivity contribution < 1.29 is 19.1 Å². The quantitative estimate of drug-likeness (QED) is 0.139. The first kappa shape index (κ1) is 27.0. The summed E-state index contributed by atoms with van der Waals surface area (Å²) in [5.41, 5.74) is 1.19. The number of aromatic nitrogens is 3. The van der Waals surface area contributed by atoms with Crippen molar-refractivity contribution in [2.45, 2.75) is 26.8 Å². The smallest absolute Gasteiger partial charge is 0.341 e. The van der Waals surface area contributed by atoms with Crippen LogP contribution < -0.4 is 11.0 Å². The van der Waals surface area contributed by atoms with Gasteiger partial charge in [-0.1, -0.05) is 29.8 Å². The molecular formula is C28H27ClN4O5. The van der Waals surface area contributed by atoms with E-state index in [1.165, 1.54) is 16.5 Å². The molecule has 4 aromatic rings. The molecule has 0 aliphatic heterocycles. The molecule has 0 aliphatic carbocycles. The number of ether oxygens (including phenoxy) is 2. The summed E-state index contributed by atoms with van der Waals surface area (Å²) >= 11 is 5.93. The molecule has 0 unspecified atom stereocenters. The molecule has 0 bridgehead atoms. The van der Waals surface area contributed by atoms with E-state index in [1.807, 2.05) is 6.92 Å². The van der Waals surface area contributed by atoms with Crippen LogP contribution >= 0.6 is 11.6 Å². The van der Waals surface area contributed by atoms with Crippen LogP contribution in [-0.2, 0) is 20.8 Å². The van der Waals surface area contributed by atoms with Crippen molar-refractivity contribution in [1.29, 1.82) is 0 Å². The van der Waals surface area contributed by atoms with Gasteiger partial charge in [-0.05, 0) is 62.2 Å². The standard InChI is InChI=1S/C28H27ClN4O5/c1-3-37-17-7-16-33-25-21(27(35)32-15-6-5-8-23(32)30-25)18-22(28(36)38-4-2)26(33)31-24(34)14-11-19-9-12-20(29)13-10-19/h5-6,8-15,18H,3-4,7,16-17H2,1-2H3/b14-11+,31-26?. The number of carbonyl (C=O) groups excluding carboxylic acids is 2. The molecule has 0 saturated carbocycles. The van der Waals surface area contributed by atoms with Gasteiger partial charge in [0.1, 0.15) is 16.9 Å². The fraction of sp³-hybridized carbons (Fsp3) is 0.250. The third-order valence-corrected chi connectivity index (χ3v) is 5.92. The molecule has 196 valence electrons. The van der Waals surface area contributed by atoms with Crippen LogP contribution in [0.5, 0.6) is 0 Å². The summed E-state index contributed by atoms with van der Waals surface area (Å²) in [5, 5.41) is 0.786. The number of fused-ring (bicyclic) bond motifs is 2. The Balaban J connectivity index is 1.95. The Bertz CT molecular complexity index is 1640. The predicted molar refractivity (Wildman–Crippen MR) is 145 cm³/mol. The van der Waals surface area contributed by atoms with E-state index >= 15 is 0 Å². The molecule has 9 nitrogen and oxygen atoms in total. The van der Waals surface area contributed by atoms with Gasteiger partial charge in [-0.2, -0.15) is 4.99 Å². The molecule has 4 rings (SSSR count). The fourth-order valence-electron chi connectivity index (χ4n) is 3.92. The van der Waals surface area contributed by atoms with Gasteiger partial charge < -0.3 is 14.0 Å². The zero-order valence-corrected chi connectivity index (χ0v) is 21.9. The molecule has 0 aliphatic rings. The Labute approximate surface area is 223 Å². The Morgan fingerprint density at radius 3 is 2.63 bits per heavy atom. The molecule has 0 saturated heterocycles. The number of hydrogen-bond donors (Lipinski definition) is 0. The first-order valence-corrected chi connectivity index (χ1v) is 12.6. The van der Waals surface area contributed by atoms with Crippen LogP contribution in [0.2, 0.25) is 5.02 Å². The molecule has 38 heavy (non-hydrogen) atoms. The van der Waals surface area contributed by atoms with E-state index in [-0.39, 0.29) is 28.6 Å². The fourth-order valence-corrected chi connectivity index (χ4v) is 4.05. The average molecular weight is 535 g/mol. The molecule has 1 amide bonds. The molecule has 3 heterocycles. The maximum Gasteiger partial charge on any atom is 0.341 e. The number of benzene rings is 1. The van der Waals surface area contributed by atoms with Crippen molar-refractivity contribution in [3.63, 3.8) is 0 Å². The van der Waals surface area contributed by atoms with Gasteiger partial charge in [-0.3, -0.25) is 14.0 Å². The highest BCUT2D eigenvalue weighted by Gasteiger charge is 2.19. The van der Waals surface area contributed by atoms with Gasteiger partial charge in [-0.15, -0.1) is 0 Å². The highest BCUT2D eigenvalue weighted by Crippen LogP contribution is 2.13. The van der Waals surface area contributed by atoms with Gasteiger partial charge in [-0.25, -0.2) is 9.78 Å². The molecule has 1 aromatic carbocycles. The Hall–Kier alpha value is -4.08. The molecule has 0 N–H and O–H groups in total. The third kappa shape index (κ3) is 6.07. The number of pyridine rings is 2. The van der Waals surface area contributed by atoms with E-state index < -0.39 is 11.9 Å². The van der Waals surface area contributed by atoms with Gasteiger partial charge in [0.25, 0.3) is 11.5 Å². The minimum atomic E-state index is -0.696. The van der Waals surface area contributed by atoms with Crippen LogP contribution in [-0.4, -0.2) is 45.6 Å². The number of esters is 1. The lowest BCUT2D eigenvalue weighted by atomic mass is 10.2. The number of nitrogens with zero attached hydrogens (tertiary/aromatic N) is 4. The first-order chi connectivity index (χ1) is 18.4. The number of amides is 1. The minimum absolute atomic E-state index is 0.00113. The summed E-state index contributed by atoms with van der Waals surface area (Å²) in [6, 6.07) is 13.6. The summed E-state index contributed by atoms with van der Waals surface area (Å²) in [7, 11) is 0. The summed E-state index contributed by atoms with van der Waals surface area (Å²) < 4.78 is 13.8. The number of hydrogen-bond acceptors (Lipinski definition) is 6. The van der Waals surface area contributed by atoms with Crippen molar-refractivity contribution in [2.75, 3.05) is 19.8 Å². The highest BCUT2D eigenvalue weighted by atomic mass is 35.5. The van der Waals surface area contributed by atoms with E-state index in [0.29, 0.717) is 42.5 Å². The topological polar surface area (TPSA) is 104 Å². The second kappa shape index (κ2) is 12.4. The second-order valence-electron chi connectivity index (χ2n) is 8.22. The maximum absolute atomic E-state index is 13.4. The van der Waals surface area contributed by atoms with Crippen LogP contribution in [0.15, 0.2) is 70.6 Å². The SMILES string of the molecule is CCOCCCn1c(=NC(=O)/C=C/c2ccc(Cl)cc2)c(C(=O)OCC)cc2c(=O)n3ccccc3nc21. The summed E-state index contributed by atoms with van der Waals surface area (Å²) in [6.45, 7) is 4.96. The largest absolute Gasteiger partial charge is 0.462 e. The van der Waals surface area contributed by atoms with Gasteiger partial charge in [0, 0.05) is 37.1 Å². The van der Waals surface area contributed by atoms with Crippen LogP contribution in [0.25, 0.3) is 22.8 Å². The monoisotopic (exact) mass is 534 g/mol. The van der Waals surface area contributed by atoms with E-state index in [2.05, 4.69) is 9.98 Å². The van der Waals surface area contributed by atoms with Crippen molar-refractivity contribution in [1.82, 2.24) is 14.0 Å². The molecule has 3 aromatic heterocycles. The van der Waals surface area contributed by atoms with Gasteiger partial charge in [0.15, 0.2) is 5.49 Å². The summed E-state index contributed by atoms with van der Waals surface area (Å²) in [4.78, 5) is 48.3. The molecule has 0 radical (unpaired) electrons. The second-order valence-corrected chi connectivity index (χ2v) is 8.66. The van der Waals surface area contributed by atoms with Crippen molar-refractivity contribution in [2.24, 2.45) is 4.99 Å². The van der Waals surface area contributed by atoms with E-state index in [0.717, 1.165) is 5.56 Å². The summed E-state index contributed by atoms with van der Waals surface area (Å²) in [6.07, 6.45) is 5.05. The normalized spacial score (nSPS) is 12.0. The number of halogens is 1. The van der Waals surface area contributed by atoms with E-state index in [4.69, 9.17) is 21.1 Å². The number of rotatable bonds is 9. The predicted octanol–water partition coefficient (Wildman–Crippen LogP) is 4.05. The van der Waals surface area contributed by atoms with E-state index in [1.54, 1.807) is 66.2 Å². The Morgan fingerprint density at radius 1 is 1.11 bits per heavy atom. The molecule has 10 heteroatoms. The zero-order valence-electron chi connectivity index (χ0n) is 21.1. The van der Waals surface area contributed by atoms with Crippen LogP contribution in [0.1, 0.15) is 36.2 Å². The van der Waals surface area contributed by atoms with E-state index in [9.17, 15) is 14.4 Å². The summed E-state index contributed by atoms with van der Waals surface area (Å²) in [5.74, 6) is -1.29. The lowest BCUT2D eigenvalue weighted by Crippen LogP contribution is -2.33. The third-order valence-electron chi connectivity index (χ3n) is 5.66. The van der Waals surface area contributed by atoms with Crippen LogP contribution in [0, 0.1) is 0 Å². The van der Waals surface area contributed by atoms with Crippen molar-refractivity contribution in [3.05, 3.63) is 92.8 Å². The highest BCUT2D eigenvalue weighted by molar-refractivity contribution is 6.30. The van der Waals surface area contributed by atoms with Gasteiger partial charge >= 0.3 is 5.97 Å². The first-order valence-electron chi connectivity index (χ1n) is 12.2. The maximum atomic E-state index is 13.4. The average Bonchev–Trinajstić information content (AvgIpc) is 2.92. The lowest BCUT2D eigenvalue weighted by Gasteiger charge is -2.15. The van der Waals surface area contributed by atoms with Crippen LogP contribution in [0.3, 0.4) is 0 Å². The van der Waals surface area contributed by atoms with Gasteiger partial charge in [0.2, 0.25) is 0 Å². The minimum Gasteiger partial charge on any atom is -0.462 e. The molecule has 0 fully saturated rings. The van der Waals surface area contributed by atoms with Crippen LogP contribution in [0.4, 0.5) is 0 Å². The number of aryl methyl sites for hydroxylation is 1. The molecule has 0 atom stereocenters. The molecular weight excluding hydrogens is 508 g/mol. The lowest BCUT2D eigenvalue weighted by molar-refractivity contribution is -0.113. The van der Waals surface area contributed by atoms with Crippen molar-refractivity contribution >= 4 is 46.2 Å². The Kier molecular flexibility index (Phi) is 8.83. The number of carbonyl (C=O) groups is 2. The molecule has 0 spiro atoms. The zero-order chi connectivity index (χ0) is 27.1. The Morgan fingerprint density at radius 2 is 1.89 bits per heavy atom. The van der Waals surface area contributed by atoms with Crippen molar-refractivity contribution in [3.8, 4) is 0 Å².